The summed E-state index contributed by atoms with van der Waals surface area (Å²) in [5.41, 5.74) is 6.88. The molecule has 0 bridgehead atoms. The lowest BCUT2D eigenvalue weighted by atomic mass is 10.1. The summed E-state index contributed by atoms with van der Waals surface area (Å²) in [4.78, 5) is 4.39. The van der Waals surface area contributed by atoms with Crippen molar-refractivity contribution in [2.45, 2.75) is 25.5 Å². The Labute approximate surface area is 124 Å². The maximum Gasteiger partial charge on any atom is 0.228 e. The third-order valence-corrected chi connectivity index (χ3v) is 2.97. The Kier molecular flexibility index (Phi) is 5.86. The molecule has 1 heterocycles. The van der Waals surface area contributed by atoms with E-state index in [0.717, 1.165) is 5.56 Å². The molecule has 0 amide bonds. The first kappa shape index (κ1) is 15.6. The number of benzene rings is 1. The van der Waals surface area contributed by atoms with Gasteiger partial charge in [-0.25, -0.2) is 0 Å². The summed E-state index contributed by atoms with van der Waals surface area (Å²) in [5.74, 6) is 1.01. The SMILES string of the molecule is CCOC(c1ccccc1)c1noc(CC(N)COC)n1. The number of methoxy groups -OCH3 is 1. The van der Waals surface area contributed by atoms with Gasteiger partial charge in [0.05, 0.1) is 6.61 Å². The molecule has 0 aliphatic heterocycles. The lowest BCUT2D eigenvalue weighted by Crippen LogP contribution is -2.28. The highest BCUT2D eigenvalue weighted by Crippen LogP contribution is 2.23. The fourth-order valence-electron chi connectivity index (χ4n) is 2.07. The van der Waals surface area contributed by atoms with Crippen LogP contribution in [0.15, 0.2) is 34.9 Å². The highest BCUT2D eigenvalue weighted by atomic mass is 16.5. The standard InChI is InChI=1S/C15H21N3O3/c1-3-20-14(11-7-5-4-6-8-11)15-17-13(21-18-15)9-12(16)10-19-2/h4-8,12,14H,3,9-10,16H2,1-2H3. The molecule has 0 fully saturated rings. The summed E-state index contributed by atoms with van der Waals surface area (Å²) in [6, 6.07) is 9.66. The first-order valence-corrected chi connectivity index (χ1v) is 6.98. The smallest absolute Gasteiger partial charge is 0.228 e. The second kappa shape index (κ2) is 7.87. The Morgan fingerprint density at radius 3 is 2.71 bits per heavy atom. The number of ether oxygens (including phenoxy) is 2. The summed E-state index contributed by atoms with van der Waals surface area (Å²) in [5, 5.41) is 4.02. The van der Waals surface area contributed by atoms with Crippen molar-refractivity contribution in [3.63, 3.8) is 0 Å². The Balaban J connectivity index is 2.13. The normalized spacial score (nSPS) is 14.0. The maximum absolute atomic E-state index is 5.89. The van der Waals surface area contributed by atoms with Gasteiger partial charge in [-0.05, 0) is 12.5 Å². The van der Waals surface area contributed by atoms with Crippen LogP contribution in [0.2, 0.25) is 0 Å². The zero-order valence-electron chi connectivity index (χ0n) is 12.4. The van der Waals surface area contributed by atoms with Crippen LogP contribution in [-0.4, -0.2) is 36.5 Å². The molecule has 0 radical (unpaired) electrons. The highest BCUT2D eigenvalue weighted by molar-refractivity contribution is 5.22. The van der Waals surface area contributed by atoms with Crippen LogP contribution in [0.5, 0.6) is 0 Å². The average Bonchev–Trinajstić information content (AvgIpc) is 2.94. The Morgan fingerprint density at radius 1 is 1.29 bits per heavy atom. The van der Waals surface area contributed by atoms with Gasteiger partial charge < -0.3 is 19.7 Å². The highest BCUT2D eigenvalue weighted by Gasteiger charge is 2.21. The minimum Gasteiger partial charge on any atom is -0.383 e. The van der Waals surface area contributed by atoms with Crippen LogP contribution >= 0.6 is 0 Å². The molecule has 2 rings (SSSR count). The molecular weight excluding hydrogens is 270 g/mol. The van der Waals surface area contributed by atoms with E-state index in [4.69, 9.17) is 19.7 Å². The molecule has 2 aromatic rings. The van der Waals surface area contributed by atoms with Crippen molar-refractivity contribution >= 4 is 0 Å². The van der Waals surface area contributed by atoms with Crippen LogP contribution in [0.3, 0.4) is 0 Å². The van der Waals surface area contributed by atoms with Crippen LogP contribution < -0.4 is 5.73 Å². The van der Waals surface area contributed by atoms with Crippen molar-refractivity contribution in [2.24, 2.45) is 5.73 Å². The molecule has 6 heteroatoms. The van der Waals surface area contributed by atoms with Crippen molar-refractivity contribution < 1.29 is 14.0 Å². The first-order valence-electron chi connectivity index (χ1n) is 6.98. The average molecular weight is 291 g/mol. The predicted molar refractivity (Wildman–Crippen MR) is 77.8 cm³/mol. The first-order chi connectivity index (χ1) is 10.2. The minimum absolute atomic E-state index is 0.162. The molecule has 0 aliphatic carbocycles. The van der Waals surface area contributed by atoms with Crippen LogP contribution in [0.25, 0.3) is 0 Å². The number of hydrogen-bond donors (Lipinski definition) is 1. The monoisotopic (exact) mass is 291 g/mol. The van der Waals surface area contributed by atoms with E-state index in [0.29, 0.717) is 31.3 Å². The zero-order valence-corrected chi connectivity index (χ0v) is 12.4. The Bertz CT molecular complexity index is 530. The molecule has 2 unspecified atom stereocenters. The fourth-order valence-corrected chi connectivity index (χ4v) is 2.07. The molecule has 0 spiro atoms. The van der Waals surface area contributed by atoms with E-state index < -0.39 is 0 Å². The third-order valence-electron chi connectivity index (χ3n) is 2.97. The van der Waals surface area contributed by atoms with E-state index in [9.17, 15) is 0 Å². The number of aromatic nitrogens is 2. The van der Waals surface area contributed by atoms with Gasteiger partial charge in [0.2, 0.25) is 11.7 Å². The van der Waals surface area contributed by atoms with Gasteiger partial charge in [-0.2, -0.15) is 4.98 Å². The van der Waals surface area contributed by atoms with E-state index in [-0.39, 0.29) is 12.1 Å². The van der Waals surface area contributed by atoms with Crippen LogP contribution in [0, 0.1) is 0 Å². The summed E-state index contributed by atoms with van der Waals surface area (Å²) in [6.07, 6.45) is 0.154. The van der Waals surface area contributed by atoms with Gasteiger partial charge in [-0.1, -0.05) is 35.5 Å². The van der Waals surface area contributed by atoms with Gasteiger partial charge in [0.15, 0.2) is 0 Å². The Hall–Kier alpha value is -1.76. The molecule has 0 saturated heterocycles. The van der Waals surface area contributed by atoms with Gasteiger partial charge in [0.25, 0.3) is 0 Å². The fraction of sp³-hybridized carbons (Fsp3) is 0.467. The number of nitrogens with two attached hydrogens (primary N) is 1. The zero-order chi connectivity index (χ0) is 15.1. The molecular formula is C15H21N3O3. The molecule has 0 aliphatic rings. The quantitative estimate of drug-likeness (QED) is 0.797. The number of nitrogens with zero attached hydrogens (tertiary/aromatic N) is 2. The van der Waals surface area contributed by atoms with Gasteiger partial charge in [0, 0.05) is 26.2 Å². The minimum atomic E-state index is -0.327. The van der Waals surface area contributed by atoms with E-state index in [1.165, 1.54) is 0 Å². The summed E-state index contributed by atoms with van der Waals surface area (Å²) < 4.78 is 16.0. The van der Waals surface area contributed by atoms with Crippen LogP contribution in [-0.2, 0) is 15.9 Å². The van der Waals surface area contributed by atoms with E-state index >= 15 is 0 Å². The third kappa shape index (κ3) is 4.35. The number of hydrogen-bond acceptors (Lipinski definition) is 6. The second-order valence-corrected chi connectivity index (χ2v) is 4.71. The van der Waals surface area contributed by atoms with Crippen molar-refractivity contribution in [3.8, 4) is 0 Å². The molecule has 2 N–H and O–H groups in total. The molecule has 1 aromatic heterocycles. The van der Waals surface area contributed by atoms with E-state index in [2.05, 4.69) is 10.1 Å². The predicted octanol–water partition coefficient (Wildman–Crippen LogP) is 1.71. The molecule has 2 atom stereocenters. The van der Waals surface area contributed by atoms with Gasteiger partial charge in [-0.3, -0.25) is 0 Å². The maximum atomic E-state index is 5.89. The van der Waals surface area contributed by atoms with Crippen LogP contribution in [0.4, 0.5) is 0 Å². The summed E-state index contributed by atoms with van der Waals surface area (Å²) >= 11 is 0. The molecule has 6 nitrogen and oxygen atoms in total. The topological polar surface area (TPSA) is 83.4 Å². The van der Waals surface area contributed by atoms with Crippen molar-refractivity contribution in [2.75, 3.05) is 20.3 Å². The molecule has 114 valence electrons. The van der Waals surface area contributed by atoms with Crippen molar-refractivity contribution in [1.29, 1.82) is 0 Å². The largest absolute Gasteiger partial charge is 0.383 e. The second-order valence-electron chi connectivity index (χ2n) is 4.71. The van der Waals surface area contributed by atoms with E-state index in [1.807, 2.05) is 37.3 Å². The molecule has 0 saturated carbocycles. The van der Waals surface area contributed by atoms with Gasteiger partial charge >= 0.3 is 0 Å². The molecule has 1 aromatic carbocycles. The number of rotatable bonds is 8. The van der Waals surface area contributed by atoms with Crippen LogP contribution in [0.1, 0.15) is 30.3 Å². The summed E-state index contributed by atoms with van der Waals surface area (Å²) in [6.45, 7) is 2.95. The lowest BCUT2D eigenvalue weighted by Gasteiger charge is -2.13. The van der Waals surface area contributed by atoms with Crippen molar-refractivity contribution in [3.05, 3.63) is 47.6 Å². The Morgan fingerprint density at radius 2 is 2.05 bits per heavy atom. The molecule has 21 heavy (non-hydrogen) atoms. The lowest BCUT2D eigenvalue weighted by molar-refractivity contribution is 0.0833. The van der Waals surface area contributed by atoms with Gasteiger partial charge in [0.1, 0.15) is 6.10 Å². The van der Waals surface area contributed by atoms with Gasteiger partial charge in [-0.15, -0.1) is 0 Å². The summed E-state index contributed by atoms with van der Waals surface area (Å²) in [7, 11) is 1.61. The van der Waals surface area contributed by atoms with Crippen molar-refractivity contribution in [1.82, 2.24) is 10.1 Å². The van der Waals surface area contributed by atoms with E-state index in [1.54, 1.807) is 7.11 Å².